The van der Waals surface area contributed by atoms with Crippen molar-refractivity contribution < 1.29 is 4.39 Å². The summed E-state index contributed by atoms with van der Waals surface area (Å²) in [6.07, 6.45) is 0. The minimum absolute atomic E-state index is 0.179. The Kier molecular flexibility index (Phi) is 3.51. The molecule has 0 unspecified atom stereocenters. The molecule has 0 aromatic heterocycles. The van der Waals surface area contributed by atoms with Crippen LogP contribution >= 0.6 is 27.7 Å². The van der Waals surface area contributed by atoms with Crippen molar-refractivity contribution in [1.29, 1.82) is 0 Å². The van der Waals surface area contributed by atoms with Gasteiger partial charge in [0.25, 0.3) is 0 Å². The Morgan fingerprint density at radius 3 is 2.50 bits per heavy atom. The van der Waals surface area contributed by atoms with E-state index >= 15 is 0 Å². The smallest absolute Gasteiger partial charge is 0.147 e. The van der Waals surface area contributed by atoms with E-state index in [0.29, 0.717) is 0 Å². The van der Waals surface area contributed by atoms with Gasteiger partial charge in [-0.3, -0.25) is 0 Å². The monoisotopic (exact) mass is 297 g/mol. The normalized spacial score (nSPS) is 10.4. The number of benzene rings is 2. The zero-order valence-corrected chi connectivity index (χ0v) is 10.7. The quantitative estimate of drug-likeness (QED) is 0.836. The third-order valence-electron chi connectivity index (χ3n) is 2.00. The molecule has 2 rings (SSSR count). The second-order valence-electron chi connectivity index (χ2n) is 3.24. The minimum atomic E-state index is -0.375. The van der Waals surface area contributed by atoms with Gasteiger partial charge in [0.2, 0.25) is 0 Å². The molecule has 0 atom stereocenters. The molecule has 16 heavy (non-hydrogen) atoms. The van der Waals surface area contributed by atoms with Crippen LogP contribution in [0.25, 0.3) is 0 Å². The van der Waals surface area contributed by atoms with Crippen LogP contribution < -0.4 is 5.73 Å². The molecule has 0 radical (unpaired) electrons. The summed E-state index contributed by atoms with van der Waals surface area (Å²) in [6.45, 7) is 0. The van der Waals surface area contributed by atoms with Crippen LogP contribution in [0, 0.1) is 5.82 Å². The molecule has 4 heteroatoms. The average molecular weight is 298 g/mol. The lowest BCUT2D eigenvalue weighted by atomic mass is 10.3. The van der Waals surface area contributed by atoms with E-state index in [2.05, 4.69) is 15.9 Å². The van der Waals surface area contributed by atoms with Crippen molar-refractivity contribution in [2.45, 2.75) is 9.79 Å². The summed E-state index contributed by atoms with van der Waals surface area (Å²) in [7, 11) is 0. The van der Waals surface area contributed by atoms with Gasteiger partial charge in [0.15, 0.2) is 0 Å². The Hall–Kier alpha value is -1.00. The molecule has 0 spiro atoms. The molecule has 0 saturated heterocycles. The molecule has 2 aromatic rings. The van der Waals surface area contributed by atoms with Crippen molar-refractivity contribution in [1.82, 2.24) is 0 Å². The van der Waals surface area contributed by atoms with E-state index in [1.807, 2.05) is 30.3 Å². The molecule has 2 aromatic carbocycles. The Labute approximate surface area is 106 Å². The van der Waals surface area contributed by atoms with E-state index in [1.165, 1.54) is 17.8 Å². The fraction of sp³-hybridized carbons (Fsp3) is 0. The van der Waals surface area contributed by atoms with Crippen LogP contribution in [0.2, 0.25) is 0 Å². The number of anilines is 1. The lowest BCUT2D eigenvalue weighted by Crippen LogP contribution is -1.89. The number of rotatable bonds is 2. The highest BCUT2D eigenvalue weighted by Gasteiger charge is 2.02. The van der Waals surface area contributed by atoms with Gasteiger partial charge >= 0.3 is 0 Å². The summed E-state index contributed by atoms with van der Waals surface area (Å²) < 4.78 is 14.2. The van der Waals surface area contributed by atoms with Crippen LogP contribution in [0.4, 0.5) is 10.1 Å². The Bertz CT molecular complexity index is 516. The van der Waals surface area contributed by atoms with Crippen molar-refractivity contribution in [3.05, 3.63) is 52.8 Å². The number of nitrogen functional groups attached to an aromatic ring is 1. The van der Waals surface area contributed by atoms with Gasteiger partial charge in [-0.25, -0.2) is 4.39 Å². The van der Waals surface area contributed by atoms with E-state index in [0.717, 1.165) is 14.3 Å². The van der Waals surface area contributed by atoms with Crippen molar-refractivity contribution in [2.24, 2.45) is 0 Å². The molecule has 0 bridgehead atoms. The second kappa shape index (κ2) is 4.89. The Balaban J connectivity index is 2.24. The molecule has 0 aliphatic rings. The zero-order valence-electron chi connectivity index (χ0n) is 8.28. The van der Waals surface area contributed by atoms with Gasteiger partial charge in [0.1, 0.15) is 5.82 Å². The van der Waals surface area contributed by atoms with Crippen molar-refractivity contribution >= 4 is 33.4 Å². The van der Waals surface area contributed by atoms with Crippen LogP contribution in [-0.4, -0.2) is 0 Å². The second-order valence-corrected chi connectivity index (χ2v) is 5.31. The van der Waals surface area contributed by atoms with Gasteiger partial charge in [0.05, 0.1) is 5.69 Å². The predicted molar refractivity (Wildman–Crippen MR) is 69.1 cm³/mol. The summed E-state index contributed by atoms with van der Waals surface area (Å²) in [5, 5.41) is 0. The number of hydrogen-bond acceptors (Lipinski definition) is 2. The maximum Gasteiger partial charge on any atom is 0.147 e. The van der Waals surface area contributed by atoms with Gasteiger partial charge in [-0.15, -0.1) is 0 Å². The predicted octanol–water partition coefficient (Wildman–Crippen LogP) is 4.32. The number of hydrogen-bond donors (Lipinski definition) is 1. The van der Waals surface area contributed by atoms with E-state index in [-0.39, 0.29) is 11.5 Å². The summed E-state index contributed by atoms with van der Waals surface area (Å²) in [5.74, 6) is -0.375. The average Bonchev–Trinajstić information content (AvgIpc) is 2.24. The maximum atomic E-state index is 13.2. The third-order valence-corrected chi connectivity index (χ3v) is 3.48. The highest BCUT2D eigenvalue weighted by atomic mass is 79.9. The lowest BCUT2D eigenvalue weighted by molar-refractivity contribution is 0.629. The van der Waals surface area contributed by atoms with Crippen LogP contribution in [-0.2, 0) is 0 Å². The van der Waals surface area contributed by atoms with Crippen LogP contribution in [0.3, 0.4) is 0 Å². The lowest BCUT2D eigenvalue weighted by Gasteiger charge is -2.03. The first kappa shape index (κ1) is 11.5. The Morgan fingerprint density at radius 2 is 1.81 bits per heavy atom. The summed E-state index contributed by atoms with van der Waals surface area (Å²) >= 11 is 4.89. The maximum absolute atomic E-state index is 13.2. The molecule has 0 amide bonds. The highest BCUT2D eigenvalue weighted by Crippen LogP contribution is 2.30. The van der Waals surface area contributed by atoms with Crippen LogP contribution in [0.1, 0.15) is 0 Å². The van der Waals surface area contributed by atoms with Crippen molar-refractivity contribution in [3.63, 3.8) is 0 Å². The SMILES string of the molecule is Nc1ccc(Sc2cccc(Br)c2)cc1F. The molecule has 0 aliphatic heterocycles. The fourth-order valence-corrected chi connectivity index (χ4v) is 2.69. The number of halogens is 2. The van der Waals surface area contributed by atoms with Gasteiger partial charge < -0.3 is 5.73 Å². The van der Waals surface area contributed by atoms with E-state index in [4.69, 9.17) is 5.73 Å². The first-order valence-electron chi connectivity index (χ1n) is 4.63. The van der Waals surface area contributed by atoms with Crippen molar-refractivity contribution in [3.8, 4) is 0 Å². The molecule has 0 saturated carbocycles. The molecule has 0 fully saturated rings. The topological polar surface area (TPSA) is 26.0 Å². The van der Waals surface area contributed by atoms with E-state index in [1.54, 1.807) is 6.07 Å². The zero-order chi connectivity index (χ0) is 11.5. The van der Waals surface area contributed by atoms with Gasteiger partial charge in [-0.05, 0) is 36.4 Å². The first-order chi connectivity index (χ1) is 7.65. The third kappa shape index (κ3) is 2.77. The summed E-state index contributed by atoms with van der Waals surface area (Å²) in [4.78, 5) is 1.89. The van der Waals surface area contributed by atoms with Gasteiger partial charge in [-0.2, -0.15) is 0 Å². The van der Waals surface area contributed by atoms with Crippen molar-refractivity contribution in [2.75, 3.05) is 5.73 Å². The molecule has 1 nitrogen and oxygen atoms in total. The highest BCUT2D eigenvalue weighted by molar-refractivity contribution is 9.10. The Morgan fingerprint density at radius 1 is 1.06 bits per heavy atom. The standard InChI is InChI=1S/C12H9BrFNS/c13-8-2-1-3-9(6-8)16-10-4-5-12(15)11(14)7-10/h1-7H,15H2. The van der Waals surface area contributed by atoms with Crippen LogP contribution in [0.15, 0.2) is 56.7 Å². The van der Waals surface area contributed by atoms with E-state index in [9.17, 15) is 4.39 Å². The van der Waals surface area contributed by atoms with E-state index < -0.39 is 0 Å². The van der Waals surface area contributed by atoms with Crippen LogP contribution in [0.5, 0.6) is 0 Å². The molecule has 82 valence electrons. The number of nitrogens with two attached hydrogens (primary N) is 1. The molecule has 2 N–H and O–H groups in total. The largest absolute Gasteiger partial charge is 0.396 e. The minimum Gasteiger partial charge on any atom is -0.396 e. The molecular formula is C12H9BrFNS. The summed E-state index contributed by atoms with van der Waals surface area (Å²) in [6, 6.07) is 12.7. The fourth-order valence-electron chi connectivity index (χ4n) is 1.24. The molecule has 0 aliphatic carbocycles. The summed E-state index contributed by atoms with van der Waals surface area (Å²) in [5.41, 5.74) is 5.59. The van der Waals surface area contributed by atoms with Gasteiger partial charge in [0, 0.05) is 14.3 Å². The van der Waals surface area contributed by atoms with Gasteiger partial charge in [-0.1, -0.05) is 33.8 Å². The molecule has 0 heterocycles. The molecular weight excluding hydrogens is 289 g/mol. The first-order valence-corrected chi connectivity index (χ1v) is 6.24.